The van der Waals surface area contributed by atoms with Crippen molar-refractivity contribution in [3.8, 4) is 17.6 Å². The van der Waals surface area contributed by atoms with Gasteiger partial charge in [-0.1, -0.05) is 41.1 Å². The van der Waals surface area contributed by atoms with E-state index in [0.29, 0.717) is 21.4 Å². The summed E-state index contributed by atoms with van der Waals surface area (Å²) in [4.78, 5) is 0. The van der Waals surface area contributed by atoms with Gasteiger partial charge in [0.1, 0.15) is 18.2 Å². The monoisotopic (exact) mass is 342 g/mol. The van der Waals surface area contributed by atoms with E-state index in [0.717, 1.165) is 0 Å². The van der Waals surface area contributed by atoms with Crippen molar-refractivity contribution < 1.29 is 9.13 Å². The standard InChI is InChI=1S/C16H10Cl3FO/c17-8-2-3-11-6-7-12(9-16(11)20)21-10-13-14(18)4-1-5-15(13)19/h1,4-7,9H,8,10H2. The van der Waals surface area contributed by atoms with Crippen LogP contribution in [0.1, 0.15) is 11.1 Å². The summed E-state index contributed by atoms with van der Waals surface area (Å²) >= 11 is 17.5. The summed E-state index contributed by atoms with van der Waals surface area (Å²) in [6.45, 7) is 0.157. The second kappa shape index (κ2) is 7.56. The molecule has 0 aliphatic heterocycles. The number of halogens is 4. The van der Waals surface area contributed by atoms with Gasteiger partial charge in [-0.2, -0.15) is 0 Å². The van der Waals surface area contributed by atoms with E-state index in [1.165, 1.54) is 6.07 Å². The van der Waals surface area contributed by atoms with Gasteiger partial charge in [0.05, 0.1) is 11.4 Å². The molecule has 5 heteroatoms. The number of ether oxygens (including phenoxy) is 1. The summed E-state index contributed by atoms with van der Waals surface area (Å²) in [7, 11) is 0. The fraction of sp³-hybridized carbons (Fsp3) is 0.125. The van der Waals surface area contributed by atoms with E-state index < -0.39 is 5.82 Å². The van der Waals surface area contributed by atoms with Crippen LogP contribution in [0.4, 0.5) is 4.39 Å². The Kier molecular flexibility index (Phi) is 5.76. The highest BCUT2D eigenvalue weighted by Gasteiger charge is 2.07. The van der Waals surface area contributed by atoms with E-state index in [4.69, 9.17) is 39.5 Å². The van der Waals surface area contributed by atoms with Crippen LogP contribution in [0.5, 0.6) is 5.75 Å². The van der Waals surface area contributed by atoms with Crippen LogP contribution in [-0.2, 0) is 6.61 Å². The molecule has 0 unspecified atom stereocenters. The third-order valence-electron chi connectivity index (χ3n) is 2.68. The Morgan fingerprint density at radius 2 is 1.81 bits per heavy atom. The summed E-state index contributed by atoms with van der Waals surface area (Å²) in [6, 6.07) is 9.63. The van der Waals surface area contributed by atoms with Gasteiger partial charge in [-0.3, -0.25) is 0 Å². The Bertz CT molecular complexity index is 684. The predicted octanol–water partition coefficient (Wildman–Crippen LogP) is 5.30. The van der Waals surface area contributed by atoms with Crippen LogP contribution in [0.25, 0.3) is 0 Å². The van der Waals surface area contributed by atoms with Crippen molar-refractivity contribution in [1.82, 2.24) is 0 Å². The average molecular weight is 344 g/mol. The molecule has 21 heavy (non-hydrogen) atoms. The summed E-state index contributed by atoms with van der Waals surface area (Å²) in [5.41, 5.74) is 0.936. The molecule has 0 aromatic heterocycles. The Balaban J connectivity index is 2.12. The average Bonchev–Trinajstić information content (AvgIpc) is 2.46. The van der Waals surface area contributed by atoms with E-state index in [1.807, 2.05) is 0 Å². The lowest BCUT2D eigenvalue weighted by atomic mass is 10.2. The van der Waals surface area contributed by atoms with Gasteiger partial charge in [0.15, 0.2) is 0 Å². The molecular formula is C16H10Cl3FO. The Morgan fingerprint density at radius 1 is 1.10 bits per heavy atom. The van der Waals surface area contributed by atoms with Gasteiger partial charge in [0.2, 0.25) is 0 Å². The maximum atomic E-state index is 13.8. The molecule has 0 heterocycles. The fourth-order valence-electron chi connectivity index (χ4n) is 1.64. The number of benzene rings is 2. The van der Waals surface area contributed by atoms with Crippen molar-refractivity contribution in [1.29, 1.82) is 0 Å². The fourth-order valence-corrected chi connectivity index (χ4v) is 2.21. The second-order valence-electron chi connectivity index (χ2n) is 4.07. The summed E-state index contributed by atoms with van der Waals surface area (Å²) in [5.74, 6) is 5.29. The molecule has 0 atom stereocenters. The third-order valence-corrected chi connectivity index (χ3v) is 3.52. The molecule has 0 fully saturated rings. The van der Waals surface area contributed by atoms with E-state index in [-0.39, 0.29) is 18.1 Å². The van der Waals surface area contributed by atoms with E-state index in [1.54, 1.807) is 30.3 Å². The van der Waals surface area contributed by atoms with Crippen LogP contribution in [0.15, 0.2) is 36.4 Å². The lowest BCUT2D eigenvalue weighted by Crippen LogP contribution is -1.98. The lowest BCUT2D eigenvalue weighted by Gasteiger charge is -2.09. The van der Waals surface area contributed by atoms with Crippen molar-refractivity contribution in [2.75, 3.05) is 5.88 Å². The molecule has 2 aromatic carbocycles. The Labute approximate surface area is 137 Å². The third kappa shape index (κ3) is 4.28. The van der Waals surface area contributed by atoms with Crippen LogP contribution in [0.2, 0.25) is 10.0 Å². The largest absolute Gasteiger partial charge is 0.489 e. The lowest BCUT2D eigenvalue weighted by molar-refractivity contribution is 0.304. The van der Waals surface area contributed by atoms with Gasteiger partial charge in [-0.05, 0) is 24.3 Å². The zero-order valence-corrected chi connectivity index (χ0v) is 13.1. The molecule has 1 nitrogen and oxygen atoms in total. The van der Waals surface area contributed by atoms with Gasteiger partial charge in [0, 0.05) is 21.7 Å². The molecule has 0 aliphatic carbocycles. The van der Waals surface area contributed by atoms with Crippen LogP contribution in [-0.4, -0.2) is 5.88 Å². The first-order valence-electron chi connectivity index (χ1n) is 6.02. The molecule has 2 rings (SSSR count). The molecule has 0 radical (unpaired) electrons. The molecule has 2 aromatic rings. The minimum Gasteiger partial charge on any atom is -0.489 e. The number of hydrogen-bond donors (Lipinski definition) is 0. The minimum absolute atomic E-state index is 0.155. The quantitative estimate of drug-likeness (QED) is 0.542. The second-order valence-corrected chi connectivity index (χ2v) is 5.15. The molecule has 108 valence electrons. The molecule has 0 aliphatic rings. The zero-order valence-electron chi connectivity index (χ0n) is 10.8. The molecule has 0 saturated carbocycles. The predicted molar refractivity (Wildman–Crippen MR) is 84.8 cm³/mol. The first-order valence-corrected chi connectivity index (χ1v) is 7.31. The topological polar surface area (TPSA) is 9.23 Å². The molecule has 0 bridgehead atoms. The number of hydrogen-bond acceptors (Lipinski definition) is 1. The maximum absolute atomic E-state index is 13.8. The molecule has 0 spiro atoms. The Morgan fingerprint density at radius 3 is 2.43 bits per heavy atom. The van der Waals surface area contributed by atoms with Gasteiger partial charge < -0.3 is 4.74 Å². The van der Waals surface area contributed by atoms with Crippen molar-refractivity contribution in [2.45, 2.75) is 6.61 Å². The van der Waals surface area contributed by atoms with Crippen molar-refractivity contribution >= 4 is 34.8 Å². The van der Waals surface area contributed by atoms with Crippen LogP contribution in [0, 0.1) is 17.7 Å². The van der Waals surface area contributed by atoms with Crippen molar-refractivity contribution in [3.63, 3.8) is 0 Å². The number of rotatable bonds is 3. The van der Waals surface area contributed by atoms with Gasteiger partial charge in [-0.25, -0.2) is 4.39 Å². The smallest absolute Gasteiger partial charge is 0.142 e. The Hall–Kier alpha value is -1.40. The first-order chi connectivity index (χ1) is 10.1. The number of alkyl halides is 1. The summed E-state index contributed by atoms with van der Waals surface area (Å²) < 4.78 is 19.3. The van der Waals surface area contributed by atoms with Crippen molar-refractivity contribution in [2.24, 2.45) is 0 Å². The molecule has 0 N–H and O–H groups in total. The van der Waals surface area contributed by atoms with E-state index >= 15 is 0 Å². The van der Waals surface area contributed by atoms with Crippen LogP contribution in [0.3, 0.4) is 0 Å². The molecule has 0 saturated heterocycles. The SMILES string of the molecule is Fc1cc(OCc2c(Cl)cccc2Cl)ccc1C#CCCl. The van der Waals surface area contributed by atoms with Gasteiger partial charge in [-0.15, -0.1) is 11.6 Å². The first kappa shape index (κ1) is 16.0. The highest BCUT2D eigenvalue weighted by atomic mass is 35.5. The van der Waals surface area contributed by atoms with Crippen LogP contribution < -0.4 is 4.74 Å². The van der Waals surface area contributed by atoms with Gasteiger partial charge in [0.25, 0.3) is 0 Å². The van der Waals surface area contributed by atoms with Gasteiger partial charge >= 0.3 is 0 Å². The van der Waals surface area contributed by atoms with E-state index in [2.05, 4.69) is 11.8 Å². The van der Waals surface area contributed by atoms with Crippen molar-refractivity contribution in [3.05, 3.63) is 63.4 Å². The van der Waals surface area contributed by atoms with Crippen LogP contribution >= 0.6 is 34.8 Å². The minimum atomic E-state index is -0.463. The van der Waals surface area contributed by atoms with E-state index in [9.17, 15) is 4.39 Å². The molecular weight excluding hydrogens is 334 g/mol. The zero-order chi connectivity index (χ0) is 15.2. The summed E-state index contributed by atoms with van der Waals surface area (Å²) in [5, 5.41) is 1.01. The maximum Gasteiger partial charge on any atom is 0.142 e. The summed E-state index contributed by atoms with van der Waals surface area (Å²) in [6.07, 6.45) is 0. The normalized spacial score (nSPS) is 9.90. The molecule has 0 amide bonds. The highest BCUT2D eigenvalue weighted by molar-refractivity contribution is 6.35. The highest BCUT2D eigenvalue weighted by Crippen LogP contribution is 2.26.